The van der Waals surface area contributed by atoms with Gasteiger partial charge in [-0.25, -0.2) is 23.5 Å². The zero-order valence-electron chi connectivity index (χ0n) is 17.9. The maximum atomic E-state index is 14.1. The summed E-state index contributed by atoms with van der Waals surface area (Å²) in [5, 5.41) is 9.09. The zero-order valence-corrected chi connectivity index (χ0v) is 17.9. The van der Waals surface area contributed by atoms with Crippen molar-refractivity contribution in [3.63, 3.8) is 0 Å². The predicted molar refractivity (Wildman–Crippen MR) is 113 cm³/mol. The Hall–Kier alpha value is -4.35. The highest BCUT2D eigenvalue weighted by molar-refractivity contribution is 6.00. The van der Waals surface area contributed by atoms with Crippen LogP contribution in [0, 0.1) is 25.5 Å². The van der Waals surface area contributed by atoms with Crippen molar-refractivity contribution in [1.29, 1.82) is 0 Å². The summed E-state index contributed by atoms with van der Waals surface area (Å²) >= 11 is 0. The molecule has 35 heavy (non-hydrogen) atoms. The van der Waals surface area contributed by atoms with Crippen molar-refractivity contribution in [2.24, 2.45) is 0 Å². The number of alkyl halides is 3. The second kappa shape index (κ2) is 8.46. The number of ether oxygens (including phenoxy) is 1. The van der Waals surface area contributed by atoms with E-state index in [1.54, 1.807) is 0 Å². The fraction of sp³-hybridized carbons (Fsp3) is 0.130. The monoisotopic (exact) mass is 491 g/mol. The van der Waals surface area contributed by atoms with Crippen molar-refractivity contribution in [1.82, 2.24) is 14.5 Å². The van der Waals surface area contributed by atoms with Crippen LogP contribution in [0.4, 0.5) is 22.0 Å². The lowest BCUT2D eigenvalue weighted by atomic mass is 10.1. The summed E-state index contributed by atoms with van der Waals surface area (Å²) in [5.41, 5.74) is -3.45. The highest BCUT2D eigenvalue weighted by atomic mass is 19.4. The zero-order chi connectivity index (χ0) is 25.7. The van der Waals surface area contributed by atoms with E-state index in [2.05, 4.69) is 9.97 Å². The standard InChI is InChI=1S/C23H14F5N3O4/c1-10-12(23(26,27)28)9-30-21(35-16-4-3-13(24)18(25)11(16)2)20(10)31-8-6-15(32)17-14(31)5-7-29-19(17)22(33)34/h3-9H,1-2H3,(H,33,34). The van der Waals surface area contributed by atoms with Gasteiger partial charge in [-0.15, -0.1) is 0 Å². The Labute approximate surface area is 193 Å². The topological polar surface area (TPSA) is 94.3 Å². The molecule has 0 amide bonds. The molecule has 3 heterocycles. The van der Waals surface area contributed by atoms with Gasteiger partial charge in [-0.1, -0.05) is 0 Å². The molecule has 0 spiro atoms. The molecule has 0 aliphatic carbocycles. The molecule has 12 heteroatoms. The first-order valence-electron chi connectivity index (χ1n) is 9.85. The smallest absolute Gasteiger partial charge is 0.418 e. The highest BCUT2D eigenvalue weighted by Crippen LogP contribution is 2.39. The van der Waals surface area contributed by atoms with Crippen LogP contribution in [0.15, 0.2) is 47.7 Å². The van der Waals surface area contributed by atoms with Crippen LogP contribution in [0.25, 0.3) is 16.6 Å². The van der Waals surface area contributed by atoms with Gasteiger partial charge in [0.1, 0.15) is 11.4 Å². The summed E-state index contributed by atoms with van der Waals surface area (Å²) in [6.07, 6.45) is -2.08. The number of carboxylic acid groups (broad SMARTS) is 1. The van der Waals surface area contributed by atoms with E-state index < -0.39 is 46.3 Å². The molecule has 1 N–H and O–H groups in total. The third-order valence-electron chi connectivity index (χ3n) is 5.33. The number of aromatic nitrogens is 3. The number of fused-ring (bicyclic) bond motifs is 1. The van der Waals surface area contributed by atoms with Gasteiger partial charge >= 0.3 is 12.1 Å². The van der Waals surface area contributed by atoms with Gasteiger partial charge in [0.2, 0.25) is 5.88 Å². The molecular formula is C23H14F5N3O4. The largest absolute Gasteiger partial charge is 0.476 e. The number of halogens is 5. The Kier molecular flexibility index (Phi) is 5.75. The summed E-state index contributed by atoms with van der Waals surface area (Å²) < 4.78 is 75.4. The third kappa shape index (κ3) is 4.07. The molecule has 0 aliphatic rings. The van der Waals surface area contributed by atoms with Crippen LogP contribution in [-0.2, 0) is 6.18 Å². The van der Waals surface area contributed by atoms with E-state index >= 15 is 0 Å². The number of hydrogen-bond acceptors (Lipinski definition) is 5. The van der Waals surface area contributed by atoms with Crippen molar-refractivity contribution < 1.29 is 36.6 Å². The lowest BCUT2D eigenvalue weighted by Gasteiger charge is -2.21. The van der Waals surface area contributed by atoms with Crippen LogP contribution in [0.3, 0.4) is 0 Å². The summed E-state index contributed by atoms with van der Waals surface area (Å²) in [6.45, 7) is 2.35. The number of carbonyl (C=O) groups is 1. The second-order valence-electron chi connectivity index (χ2n) is 7.44. The van der Waals surface area contributed by atoms with Crippen molar-refractivity contribution >= 4 is 16.9 Å². The molecule has 1 aromatic carbocycles. The lowest BCUT2D eigenvalue weighted by Crippen LogP contribution is -2.16. The number of rotatable bonds is 4. The molecule has 7 nitrogen and oxygen atoms in total. The quantitative estimate of drug-likeness (QED) is 0.395. The van der Waals surface area contributed by atoms with Gasteiger partial charge in [-0.3, -0.25) is 4.79 Å². The number of carboxylic acids is 1. The first-order chi connectivity index (χ1) is 16.4. The Morgan fingerprint density at radius 3 is 2.43 bits per heavy atom. The number of benzene rings is 1. The van der Waals surface area contributed by atoms with Crippen LogP contribution in [0.2, 0.25) is 0 Å². The van der Waals surface area contributed by atoms with Crippen molar-refractivity contribution in [3.8, 4) is 17.3 Å². The first-order valence-corrected chi connectivity index (χ1v) is 9.85. The molecule has 3 aromatic heterocycles. The van der Waals surface area contributed by atoms with E-state index in [9.17, 15) is 36.6 Å². The molecule has 180 valence electrons. The van der Waals surface area contributed by atoms with Crippen LogP contribution in [-0.4, -0.2) is 25.6 Å². The van der Waals surface area contributed by atoms with Gasteiger partial charge in [0.25, 0.3) is 0 Å². The number of nitrogens with zero attached hydrogens (tertiary/aromatic N) is 3. The third-order valence-corrected chi connectivity index (χ3v) is 5.33. The summed E-state index contributed by atoms with van der Waals surface area (Å²) in [7, 11) is 0. The Morgan fingerprint density at radius 2 is 1.77 bits per heavy atom. The molecule has 0 aliphatic heterocycles. The van der Waals surface area contributed by atoms with E-state index in [4.69, 9.17) is 4.74 Å². The highest BCUT2D eigenvalue weighted by Gasteiger charge is 2.35. The summed E-state index contributed by atoms with van der Waals surface area (Å²) in [5.74, 6) is -4.51. The molecule has 0 saturated carbocycles. The molecule has 0 saturated heterocycles. The minimum absolute atomic E-state index is 0.0824. The molecule has 0 radical (unpaired) electrons. The van der Waals surface area contributed by atoms with E-state index in [-0.39, 0.29) is 33.5 Å². The van der Waals surface area contributed by atoms with Crippen LogP contribution >= 0.6 is 0 Å². The van der Waals surface area contributed by atoms with Gasteiger partial charge < -0.3 is 14.4 Å². The lowest BCUT2D eigenvalue weighted by molar-refractivity contribution is -0.138. The van der Waals surface area contributed by atoms with Gasteiger partial charge in [-0.05, 0) is 37.6 Å². The Bertz CT molecular complexity index is 1560. The average Bonchev–Trinajstić information content (AvgIpc) is 2.79. The number of aromatic carboxylic acids is 1. The van der Waals surface area contributed by atoms with Gasteiger partial charge in [0, 0.05) is 30.2 Å². The SMILES string of the molecule is Cc1c(Oc2ncc(C(F)(F)F)c(C)c2-n2ccc(=O)c3c(C(=O)O)nccc32)ccc(F)c1F. The van der Waals surface area contributed by atoms with Crippen molar-refractivity contribution in [2.45, 2.75) is 20.0 Å². The maximum absolute atomic E-state index is 14.1. The number of pyridine rings is 3. The molecule has 0 fully saturated rings. The molecule has 4 aromatic rings. The van der Waals surface area contributed by atoms with Crippen LogP contribution in [0.5, 0.6) is 11.6 Å². The van der Waals surface area contributed by atoms with Crippen LogP contribution in [0.1, 0.15) is 27.2 Å². The molecule has 4 rings (SSSR count). The van der Waals surface area contributed by atoms with E-state index in [1.807, 2.05) is 0 Å². The molecular weight excluding hydrogens is 477 g/mol. The van der Waals surface area contributed by atoms with E-state index in [0.717, 1.165) is 42.1 Å². The predicted octanol–water partition coefficient (Wildman–Crippen LogP) is 5.19. The second-order valence-corrected chi connectivity index (χ2v) is 7.44. The summed E-state index contributed by atoms with van der Waals surface area (Å²) in [6, 6.07) is 4.08. The van der Waals surface area contributed by atoms with Gasteiger partial charge in [0.15, 0.2) is 22.8 Å². The maximum Gasteiger partial charge on any atom is 0.418 e. The Morgan fingerprint density at radius 1 is 1.06 bits per heavy atom. The van der Waals surface area contributed by atoms with Crippen molar-refractivity contribution in [3.05, 3.63) is 87.1 Å². The fourth-order valence-corrected chi connectivity index (χ4v) is 3.62. The summed E-state index contributed by atoms with van der Waals surface area (Å²) in [4.78, 5) is 31.5. The van der Waals surface area contributed by atoms with E-state index in [1.165, 1.54) is 13.0 Å². The average molecular weight is 491 g/mol. The minimum atomic E-state index is -4.81. The van der Waals surface area contributed by atoms with Gasteiger partial charge in [-0.2, -0.15) is 13.2 Å². The molecule has 0 unspecified atom stereocenters. The van der Waals surface area contributed by atoms with E-state index in [0.29, 0.717) is 6.20 Å². The molecule has 0 atom stereocenters. The first kappa shape index (κ1) is 23.8. The molecule has 0 bridgehead atoms. The Balaban J connectivity index is 2.07. The minimum Gasteiger partial charge on any atom is -0.476 e. The fourth-order valence-electron chi connectivity index (χ4n) is 3.62. The number of hydrogen-bond donors (Lipinski definition) is 1. The normalized spacial score (nSPS) is 11.6. The van der Waals surface area contributed by atoms with Crippen LogP contribution < -0.4 is 10.2 Å². The van der Waals surface area contributed by atoms with Crippen molar-refractivity contribution in [2.75, 3.05) is 0 Å². The van der Waals surface area contributed by atoms with Gasteiger partial charge in [0.05, 0.1) is 16.5 Å².